The van der Waals surface area contributed by atoms with Crippen LogP contribution < -0.4 is 9.47 Å². The molecule has 0 aliphatic rings. The highest BCUT2D eigenvalue weighted by Crippen LogP contribution is 2.18. The summed E-state index contributed by atoms with van der Waals surface area (Å²) in [6.45, 7) is 0.581. The molecule has 0 atom stereocenters. The Hall–Kier alpha value is -1.88. The molecule has 2 rings (SSSR count). The SMILES string of the molecule is O=Cc1cc(F)cc(OCCOc2cccc(Br)c2)c1. The van der Waals surface area contributed by atoms with Gasteiger partial charge in [-0.05, 0) is 30.3 Å². The van der Waals surface area contributed by atoms with Crippen molar-refractivity contribution < 1.29 is 18.7 Å². The van der Waals surface area contributed by atoms with E-state index in [4.69, 9.17) is 9.47 Å². The van der Waals surface area contributed by atoms with Gasteiger partial charge in [0.2, 0.25) is 0 Å². The minimum Gasteiger partial charge on any atom is -0.490 e. The Morgan fingerprint density at radius 3 is 2.50 bits per heavy atom. The van der Waals surface area contributed by atoms with Gasteiger partial charge >= 0.3 is 0 Å². The summed E-state index contributed by atoms with van der Waals surface area (Å²) >= 11 is 3.35. The first-order chi connectivity index (χ1) is 9.67. The lowest BCUT2D eigenvalue weighted by atomic mass is 10.2. The molecule has 0 radical (unpaired) electrons. The first-order valence-electron chi connectivity index (χ1n) is 5.94. The van der Waals surface area contributed by atoms with E-state index in [0.29, 0.717) is 18.6 Å². The molecule has 20 heavy (non-hydrogen) atoms. The van der Waals surface area contributed by atoms with Gasteiger partial charge in [-0.2, -0.15) is 0 Å². The van der Waals surface area contributed by atoms with Gasteiger partial charge in [0.1, 0.15) is 36.8 Å². The summed E-state index contributed by atoms with van der Waals surface area (Å²) in [6, 6.07) is 11.3. The lowest BCUT2D eigenvalue weighted by Crippen LogP contribution is -2.09. The van der Waals surface area contributed by atoms with E-state index in [1.165, 1.54) is 12.1 Å². The van der Waals surface area contributed by atoms with Gasteiger partial charge in [-0.1, -0.05) is 22.0 Å². The summed E-state index contributed by atoms with van der Waals surface area (Å²) in [6.07, 6.45) is 0.577. The van der Waals surface area contributed by atoms with Gasteiger partial charge in [0.25, 0.3) is 0 Å². The average molecular weight is 339 g/mol. The quantitative estimate of drug-likeness (QED) is 0.592. The van der Waals surface area contributed by atoms with Crippen molar-refractivity contribution >= 4 is 22.2 Å². The van der Waals surface area contributed by atoms with Gasteiger partial charge in [0, 0.05) is 16.1 Å². The van der Waals surface area contributed by atoms with Crippen molar-refractivity contribution in [3.63, 3.8) is 0 Å². The van der Waals surface area contributed by atoms with E-state index in [-0.39, 0.29) is 12.2 Å². The third-order valence-electron chi connectivity index (χ3n) is 2.45. The van der Waals surface area contributed by atoms with Crippen LogP contribution in [0.3, 0.4) is 0 Å². The lowest BCUT2D eigenvalue weighted by molar-refractivity contribution is 0.112. The van der Waals surface area contributed by atoms with Crippen molar-refractivity contribution in [2.45, 2.75) is 0 Å². The maximum atomic E-state index is 13.2. The van der Waals surface area contributed by atoms with E-state index in [9.17, 15) is 9.18 Å². The third kappa shape index (κ3) is 4.35. The first-order valence-corrected chi connectivity index (χ1v) is 6.73. The van der Waals surface area contributed by atoms with E-state index < -0.39 is 5.82 Å². The molecule has 3 nitrogen and oxygen atoms in total. The average Bonchev–Trinajstić information content (AvgIpc) is 2.43. The molecule has 0 aliphatic heterocycles. The Kier molecular flexibility index (Phi) is 5.12. The molecule has 0 spiro atoms. The van der Waals surface area contributed by atoms with Crippen LogP contribution in [0.5, 0.6) is 11.5 Å². The van der Waals surface area contributed by atoms with Crippen LogP contribution in [0.1, 0.15) is 10.4 Å². The number of halogens is 2. The molecule has 104 valence electrons. The van der Waals surface area contributed by atoms with Gasteiger partial charge in [-0.25, -0.2) is 4.39 Å². The fraction of sp³-hybridized carbons (Fsp3) is 0.133. The zero-order chi connectivity index (χ0) is 14.4. The summed E-state index contributed by atoms with van der Waals surface area (Å²) in [4.78, 5) is 10.6. The summed E-state index contributed by atoms with van der Waals surface area (Å²) < 4.78 is 24.9. The first kappa shape index (κ1) is 14.5. The van der Waals surface area contributed by atoms with Crippen molar-refractivity contribution in [3.8, 4) is 11.5 Å². The summed E-state index contributed by atoms with van der Waals surface area (Å²) in [7, 11) is 0. The molecule has 0 fully saturated rings. The molecule has 0 saturated heterocycles. The monoisotopic (exact) mass is 338 g/mol. The fourth-order valence-corrected chi connectivity index (χ4v) is 1.99. The highest BCUT2D eigenvalue weighted by Gasteiger charge is 2.01. The second-order valence-electron chi connectivity index (χ2n) is 3.99. The number of carbonyl (C=O) groups is 1. The molecule has 0 heterocycles. The van der Waals surface area contributed by atoms with Crippen LogP contribution in [-0.2, 0) is 0 Å². The standard InChI is InChI=1S/C15H12BrFO3/c16-12-2-1-3-14(8-12)19-4-5-20-15-7-11(10-18)6-13(17)9-15/h1-3,6-10H,4-5H2. The van der Waals surface area contributed by atoms with Crippen molar-refractivity contribution in [2.24, 2.45) is 0 Å². The smallest absolute Gasteiger partial charge is 0.150 e. The Balaban J connectivity index is 1.84. The lowest BCUT2D eigenvalue weighted by Gasteiger charge is -2.09. The minimum absolute atomic E-state index is 0.243. The Morgan fingerprint density at radius 2 is 1.80 bits per heavy atom. The van der Waals surface area contributed by atoms with E-state index in [0.717, 1.165) is 16.3 Å². The summed E-state index contributed by atoms with van der Waals surface area (Å²) in [5.41, 5.74) is 0.243. The fourth-order valence-electron chi connectivity index (χ4n) is 1.61. The molecule has 2 aromatic rings. The van der Waals surface area contributed by atoms with Gasteiger partial charge < -0.3 is 9.47 Å². The highest BCUT2D eigenvalue weighted by molar-refractivity contribution is 9.10. The van der Waals surface area contributed by atoms with Crippen LogP contribution in [0.4, 0.5) is 4.39 Å². The van der Waals surface area contributed by atoms with Crippen molar-refractivity contribution in [1.82, 2.24) is 0 Å². The Bertz CT molecular complexity index is 601. The van der Waals surface area contributed by atoms with E-state index in [1.54, 1.807) is 0 Å². The van der Waals surface area contributed by atoms with Crippen LogP contribution in [0, 0.1) is 5.82 Å². The summed E-state index contributed by atoms with van der Waals surface area (Å²) in [5.74, 6) is 0.526. The molecule has 2 aromatic carbocycles. The predicted molar refractivity (Wildman–Crippen MR) is 76.9 cm³/mol. The van der Waals surface area contributed by atoms with Crippen LogP contribution in [0.15, 0.2) is 46.9 Å². The largest absolute Gasteiger partial charge is 0.490 e. The third-order valence-corrected chi connectivity index (χ3v) is 2.94. The maximum absolute atomic E-state index is 13.2. The number of hydrogen-bond acceptors (Lipinski definition) is 3. The van der Waals surface area contributed by atoms with E-state index in [1.807, 2.05) is 24.3 Å². The minimum atomic E-state index is -0.502. The van der Waals surface area contributed by atoms with Gasteiger partial charge in [-0.3, -0.25) is 4.79 Å². The number of hydrogen-bond donors (Lipinski definition) is 0. The normalized spacial score (nSPS) is 10.1. The predicted octanol–water partition coefficient (Wildman–Crippen LogP) is 3.86. The molecule has 0 unspecified atom stereocenters. The molecule has 0 N–H and O–H groups in total. The molecular weight excluding hydrogens is 327 g/mol. The zero-order valence-electron chi connectivity index (χ0n) is 10.5. The van der Waals surface area contributed by atoms with Crippen LogP contribution in [-0.4, -0.2) is 19.5 Å². The molecule has 0 bridgehead atoms. The topological polar surface area (TPSA) is 35.5 Å². The van der Waals surface area contributed by atoms with Gasteiger partial charge in [-0.15, -0.1) is 0 Å². The molecule has 0 aromatic heterocycles. The number of aldehydes is 1. The van der Waals surface area contributed by atoms with Crippen LogP contribution in [0.2, 0.25) is 0 Å². The summed E-state index contributed by atoms with van der Waals surface area (Å²) in [5, 5.41) is 0. The van der Waals surface area contributed by atoms with E-state index in [2.05, 4.69) is 15.9 Å². The number of carbonyl (C=O) groups excluding carboxylic acids is 1. The maximum Gasteiger partial charge on any atom is 0.150 e. The van der Waals surface area contributed by atoms with Gasteiger partial charge in [0.05, 0.1) is 0 Å². The zero-order valence-corrected chi connectivity index (χ0v) is 12.1. The molecule has 0 aliphatic carbocycles. The Morgan fingerprint density at radius 1 is 1.05 bits per heavy atom. The molecule has 0 amide bonds. The van der Waals surface area contributed by atoms with Crippen LogP contribution >= 0.6 is 15.9 Å². The van der Waals surface area contributed by atoms with Gasteiger partial charge in [0.15, 0.2) is 0 Å². The molecular formula is C15H12BrFO3. The van der Waals surface area contributed by atoms with Crippen molar-refractivity contribution in [1.29, 1.82) is 0 Å². The van der Waals surface area contributed by atoms with Crippen LogP contribution in [0.25, 0.3) is 0 Å². The molecule has 5 heteroatoms. The second-order valence-corrected chi connectivity index (χ2v) is 4.91. The molecule has 0 saturated carbocycles. The van der Waals surface area contributed by atoms with Crippen molar-refractivity contribution in [3.05, 3.63) is 58.3 Å². The number of benzene rings is 2. The van der Waals surface area contributed by atoms with Crippen molar-refractivity contribution in [2.75, 3.05) is 13.2 Å². The second kappa shape index (κ2) is 7.05. The Labute approximate surface area is 124 Å². The number of rotatable bonds is 6. The van der Waals surface area contributed by atoms with E-state index >= 15 is 0 Å². The highest BCUT2D eigenvalue weighted by atomic mass is 79.9. The number of ether oxygens (including phenoxy) is 2.